The molecule has 160 valence electrons. The number of benzene rings is 3. The zero-order valence-electron chi connectivity index (χ0n) is 16.6. The molecule has 31 heavy (non-hydrogen) atoms. The molecular formula is C23H19Cl2FN2O3. The summed E-state index contributed by atoms with van der Waals surface area (Å²) in [7, 11) is 0. The van der Waals surface area contributed by atoms with E-state index in [4.69, 9.17) is 32.7 Å². The number of hydrogen-bond donors (Lipinski definition) is 1. The van der Waals surface area contributed by atoms with Crippen molar-refractivity contribution < 1.29 is 18.7 Å². The van der Waals surface area contributed by atoms with Gasteiger partial charge in [0.15, 0.2) is 11.5 Å². The van der Waals surface area contributed by atoms with Gasteiger partial charge >= 0.3 is 0 Å². The summed E-state index contributed by atoms with van der Waals surface area (Å²) in [6.45, 7) is 2.56. The molecule has 0 heterocycles. The largest absolute Gasteiger partial charge is 0.490 e. The van der Waals surface area contributed by atoms with Gasteiger partial charge in [-0.2, -0.15) is 5.10 Å². The van der Waals surface area contributed by atoms with Crippen molar-refractivity contribution in [1.82, 2.24) is 5.43 Å². The molecule has 0 fully saturated rings. The first-order chi connectivity index (χ1) is 15.0. The quantitative estimate of drug-likeness (QED) is 0.337. The summed E-state index contributed by atoms with van der Waals surface area (Å²) in [5.74, 6) is 0.215. The van der Waals surface area contributed by atoms with Gasteiger partial charge in [-0.05, 0) is 67.1 Å². The van der Waals surface area contributed by atoms with Crippen LogP contribution >= 0.6 is 23.2 Å². The third-order valence-electron chi connectivity index (χ3n) is 4.15. The third kappa shape index (κ3) is 6.44. The smallest absolute Gasteiger partial charge is 0.271 e. The summed E-state index contributed by atoms with van der Waals surface area (Å²) in [5.41, 5.74) is 4.19. The summed E-state index contributed by atoms with van der Waals surface area (Å²) in [6.07, 6.45) is 1.48. The number of hydrogen-bond acceptors (Lipinski definition) is 4. The Bertz CT molecular complexity index is 1090. The van der Waals surface area contributed by atoms with Crippen molar-refractivity contribution in [2.75, 3.05) is 6.61 Å². The van der Waals surface area contributed by atoms with Gasteiger partial charge in [0.2, 0.25) is 0 Å². The fraction of sp³-hybridized carbons (Fsp3) is 0.130. The van der Waals surface area contributed by atoms with Crippen molar-refractivity contribution in [1.29, 1.82) is 0 Å². The van der Waals surface area contributed by atoms with E-state index in [0.29, 0.717) is 39.3 Å². The van der Waals surface area contributed by atoms with Gasteiger partial charge in [0.05, 0.1) is 12.8 Å². The minimum absolute atomic E-state index is 0.247. The van der Waals surface area contributed by atoms with Crippen LogP contribution in [-0.4, -0.2) is 18.7 Å². The van der Waals surface area contributed by atoms with Crippen molar-refractivity contribution >= 4 is 35.3 Å². The number of nitrogens with one attached hydrogen (secondary N) is 1. The number of amides is 1. The minimum atomic E-state index is -0.443. The van der Waals surface area contributed by atoms with Crippen LogP contribution in [0.15, 0.2) is 65.8 Å². The second kappa shape index (κ2) is 10.8. The summed E-state index contributed by atoms with van der Waals surface area (Å²) < 4.78 is 24.5. The van der Waals surface area contributed by atoms with Crippen LogP contribution in [0.5, 0.6) is 11.5 Å². The molecule has 0 aliphatic carbocycles. The second-order valence-electron chi connectivity index (χ2n) is 6.37. The van der Waals surface area contributed by atoms with Crippen LogP contribution < -0.4 is 14.9 Å². The number of carbonyl (C=O) groups is 1. The standard InChI is InChI=1S/C23H19Cl2FN2O3/c1-2-30-22-11-15(13-27-28-23(29)16-5-8-19(26)9-6-16)3-10-21(22)31-14-17-4-7-18(24)12-20(17)25/h3-13H,2,14H2,1H3,(H,28,29)/b27-13-. The average molecular weight is 461 g/mol. The summed E-state index contributed by atoms with van der Waals surface area (Å²) in [4.78, 5) is 12.0. The zero-order valence-corrected chi connectivity index (χ0v) is 18.1. The zero-order chi connectivity index (χ0) is 22.2. The predicted octanol–water partition coefficient (Wildman–Crippen LogP) is 5.87. The van der Waals surface area contributed by atoms with E-state index < -0.39 is 11.7 Å². The molecule has 1 amide bonds. The van der Waals surface area contributed by atoms with Gasteiger partial charge in [-0.1, -0.05) is 29.3 Å². The molecule has 0 spiro atoms. The molecule has 0 aromatic heterocycles. The normalized spacial score (nSPS) is 10.8. The summed E-state index contributed by atoms with van der Waals surface area (Å²) in [6, 6.07) is 15.7. The second-order valence-corrected chi connectivity index (χ2v) is 7.21. The molecule has 0 saturated heterocycles. The highest BCUT2D eigenvalue weighted by molar-refractivity contribution is 6.35. The maximum absolute atomic E-state index is 12.9. The van der Waals surface area contributed by atoms with Gasteiger partial charge in [0, 0.05) is 21.2 Å². The average Bonchev–Trinajstić information content (AvgIpc) is 2.75. The molecule has 5 nitrogen and oxygen atoms in total. The number of rotatable bonds is 8. The SMILES string of the molecule is CCOc1cc(/C=N\NC(=O)c2ccc(F)cc2)ccc1OCc1ccc(Cl)cc1Cl. The minimum Gasteiger partial charge on any atom is -0.490 e. The number of halogens is 3. The van der Waals surface area contributed by atoms with Gasteiger partial charge in [-0.25, -0.2) is 9.82 Å². The van der Waals surface area contributed by atoms with Gasteiger partial charge in [-0.15, -0.1) is 0 Å². The van der Waals surface area contributed by atoms with Gasteiger partial charge in [0.1, 0.15) is 12.4 Å². The molecule has 1 N–H and O–H groups in total. The van der Waals surface area contributed by atoms with Crippen molar-refractivity contribution in [3.8, 4) is 11.5 Å². The molecule has 3 aromatic carbocycles. The molecule has 0 bridgehead atoms. The Morgan fingerprint density at radius 1 is 1.03 bits per heavy atom. The maximum atomic E-state index is 12.9. The first-order valence-electron chi connectivity index (χ1n) is 9.39. The molecule has 3 aromatic rings. The topological polar surface area (TPSA) is 59.9 Å². The van der Waals surface area contributed by atoms with Crippen LogP contribution in [0.25, 0.3) is 0 Å². The molecule has 0 radical (unpaired) electrons. The molecule has 0 saturated carbocycles. The van der Waals surface area contributed by atoms with E-state index >= 15 is 0 Å². The molecule has 0 aliphatic rings. The van der Waals surface area contributed by atoms with Crippen LogP contribution in [-0.2, 0) is 6.61 Å². The van der Waals surface area contributed by atoms with Gasteiger partial charge in [-0.3, -0.25) is 4.79 Å². The Balaban J connectivity index is 1.66. The van der Waals surface area contributed by atoms with Crippen LogP contribution in [0.3, 0.4) is 0 Å². The Hall–Kier alpha value is -3.09. The van der Waals surface area contributed by atoms with Gasteiger partial charge in [0.25, 0.3) is 5.91 Å². The summed E-state index contributed by atoms with van der Waals surface area (Å²) in [5, 5.41) is 5.01. The van der Waals surface area contributed by atoms with Crippen LogP contribution in [0.4, 0.5) is 4.39 Å². The number of hydrazone groups is 1. The van der Waals surface area contributed by atoms with E-state index in [1.165, 1.54) is 30.5 Å². The van der Waals surface area contributed by atoms with E-state index in [0.717, 1.165) is 5.56 Å². The lowest BCUT2D eigenvalue weighted by molar-refractivity contribution is 0.0955. The fourth-order valence-electron chi connectivity index (χ4n) is 2.62. The highest BCUT2D eigenvalue weighted by Crippen LogP contribution is 2.30. The van der Waals surface area contributed by atoms with E-state index in [2.05, 4.69) is 10.5 Å². The molecule has 0 unspecified atom stereocenters. The molecule has 0 atom stereocenters. The van der Waals surface area contributed by atoms with Crippen LogP contribution in [0.2, 0.25) is 10.0 Å². The highest BCUT2D eigenvalue weighted by Gasteiger charge is 2.09. The predicted molar refractivity (Wildman–Crippen MR) is 120 cm³/mol. The van der Waals surface area contributed by atoms with Gasteiger partial charge < -0.3 is 9.47 Å². The number of ether oxygens (including phenoxy) is 2. The molecule has 0 aliphatic heterocycles. The van der Waals surface area contributed by atoms with Crippen LogP contribution in [0, 0.1) is 5.82 Å². The van der Waals surface area contributed by atoms with E-state index in [-0.39, 0.29) is 6.61 Å². The van der Waals surface area contributed by atoms with E-state index in [9.17, 15) is 9.18 Å². The first kappa shape index (κ1) is 22.6. The summed E-state index contributed by atoms with van der Waals surface area (Å²) >= 11 is 12.1. The number of carbonyl (C=O) groups excluding carboxylic acids is 1. The maximum Gasteiger partial charge on any atom is 0.271 e. The lowest BCUT2D eigenvalue weighted by Gasteiger charge is -2.13. The first-order valence-corrected chi connectivity index (χ1v) is 10.1. The Labute approximate surface area is 189 Å². The molecule has 8 heteroatoms. The monoisotopic (exact) mass is 460 g/mol. The van der Waals surface area contributed by atoms with Crippen molar-refractivity contribution in [2.24, 2.45) is 5.10 Å². The van der Waals surface area contributed by atoms with Crippen molar-refractivity contribution in [3.05, 3.63) is 93.2 Å². The third-order valence-corrected chi connectivity index (χ3v) is 4.74. The lowest BCUT2D eigenvalue weighted by atomic mass is 10.2. The van der Waals surface area contributed by atoms with Crippen LogP contribution in [0.1, 0.15) is 28.4 Å². The van der Waals surface area contributed by atoms with E-state index in [1.54, 1.807) is 36.4 Å². The van der Waals surface area contributed by atoms with Crippen molar-refractivity contribution in [3.63, 3.8) is 0 Å². The fourth-order valence-corrected chi connectivity index (χ4v) is 3.08. The Morgan fingerprint density at radius 3 is 2.52 bits per heavy atom. The van der Waals surface area contributed by atoms with Crippen molar-refractivity contribution in [2.45, 2.75) is 13.5 Å². The van der Waals surface area contributed by atoms with E-state index in [1.807, 2.05) is 6.92 Å². The molecule has 3 rings (SSSR count). The number of nitrogens with zero attached hydrogens (tertiary/aromatic N) is 1. The Kier molecular flexibility index (Phi) is 7.87. The molecular weight excluding hydrogens is 442 g/mol. The lowest BCUT2D eigenvalue weighted by Crippen LogP contribution is -2.17. The highest BCUT2D eigenvalue weighted by atomic mass is 35.5. The Morgan fingerprint density at radius 2 is 1.81 bits per heavy atom.